The van der Waals surface area contributed by atoms with Gasteiger partial charge in [0, 0.05) is 12.2 Å². The van der Waals surface area contributed by atoms with Crippen molar-refractivity contribution < 1.29 is 27.5 Å². The molecule has 0 aromatic heterocycles. The van der Waals surface area contributed by atoms with E-state index in [1.807, 2.05) is 6.92 Å². The zero-order valence-corrected chi connectivity index (χ0v) is 12.7. The summed E-state index contributed by atoms with van der Waals surface area (Å²) in [5, 5.41) is 1.78. The Labute approximate surface area is 131 Å². The summed E-state index contributed by atoms with van der Waals surface area (Å²) in [5.41, 5.74) is 0.319. The minimum Gasteiger partial charge on any atom is -0.479 e. The highest BCUT2D eigenvalue weighted by Crippen LogP contribution is 2.36. The Hall–Kier alpha value is -2.25. The van der Waals surface area contributed by atoms with Crippen molar-refractivity contribution in [3.8, 4) is 5.75 Å². The van der Waals surface area contributed by atoms with E-state index in [2.05, 4.69) is 0 Å². The van der Waals surface area contributed by atoms with Crippen LogP contribution in [0, 0.1) is 0 Å². The van der Waals surface area contributed by atoms with Gasteiger partial charge in [-0.25, -0.2) is 0 Å². The molecular formula is C15H17F3N2O3. The lowest BCUT2D eigenvalue weighted by Crippen LogP contribution is -2.44. The van der Waals surface area contributed by atoms with Crippen LogP contribution in [0.2, 0.25) is 0 Å². The van der Waals surface area contributed by atoms with Crippen molar-refractivity contribution in [2.24, 2.45) is 0 Å². The van der Waals surface area contributed by atoms with E-state index in [0.717, 1.165) is 12.8 Å². The molecule has 23 heavy (non-hydrogen) atoms. The van der Waals surface area contributed by atoms with Crippen molar-refractivity contribution >= 4 is 23.2 Å². The first kappa shape index (κ1) is 17.1. The SMILES string of the molecule is CCCCN1C(=O)C(C)Oc2ccc(NC(=O)C(F)(F)F)cc21. The molecule has 5 nitrogen and oxygen atoms in total. The summed E-state index contributed by atoms with van der Waals surface area (Å²) in [6.45, 7) is 4.02. The largest absolute Gasteiger partial charge is 0.479 e. The molecule has 1 heterocycles. The van der Waals surface area contributed by atoms with Crippen LogP contribution in [0.3, 0.4) is 0 Å². The van der Waals surface area contributed by atoms with Crippen molar-refractivity contribution in [3.05, 3.63) is 18.2 Å². The molecule has 1 N–H and O–H groups in total. The first-order valence-corrected chi connectivity index (χ1v) is 7.24. The molecule has 1 aromatic rings. The summed E-state index contributed by atoms with van der Waals surface area (Å²) in [5.74, 6) is -1.92. The van der Waals surface area contributed by atoms with Gasteiger partial charge in [-0.1, -0.05) is 13.3 Å². The smallest absolute Gasteiger partial charge is 0.471 e. The Morgan fingerprint density at radius 2 is 2.09 bits per heavy atom. The quantitative estimate of drug-likeness (QED) is 0.923. The van der Waals surface area contributed by atoms with Gasteiger partial charge in [0.25, 0.3) is 5.91 Å². The standard InChI is InChI=1S/C15H17F3N2O3/c1-3-4-7-20-11-8-10(19-14(22)15(16,17)18)5-6-12(11)23-9(2)13(20)21/h5-6,8-9H,3-4,7H2,1-2H3,(H,19,22). The van der Waals surface area contributed by atoms with Gasteiger partial charge in [0.1, 0.15) is 5.75 Å². The summed E-state index contributed by atoms with van der Waals surface area (Å²) in [7, 11) is 0. The van der Waals surface area contributed by atoms with Gasteiger partial charge in [-0.15, -0.1) is 0 Å². The maximum Gasteiger partial charge on any atom is 0.471 e. The summed E-state index contributed by atoms with van der Waals surface area (Å²) in [6, 6.07) is 4.07. The Morgan fingerprint density at radius 3 is 2.70 bits per heavy atom. The second-order valence-corrected chi connectivity index (χ2v) is 5.24. The normalized spacial score (nSPS) is 17.5. The topological polar surface area (TPSA) is 58.6 Å². The number of nitrogens with one attached hydrogen (secondary N) is 1. The number of nitrogens with zero attached hydrogens (tertiary/aromatic N) is 1. The van der Waals surface area contributed by atoms with Gasteiger partial charge >= 0.3 is 12.1 Å². The van der Waals surface area contributed by atoms with Gasteiger partial charge in [-0.05, 0) is 31.5 Å². The van der Waals surface area contributed by atoms with E-state index in [9.17, 15) is 22.8 Å². The highest BCUT2D eigenvalue weighted by Gasteiger charge is 2.39. The number of halogens is 3. The lowest BCUT2D eigenvalue weighted by molar-refractivity contribution is -0.167. The Bertz CT molecular complexity index is 616. The average Bonchev–Trinajstić information content (AvgIpc) is 2.47. The number of anilines is 2. The Balaban J connectivity index is 2.30. The van der Waals surface area contributed by atoms with Crippen LogP contribution >= 0.6 is 0 Å². The second kappa shape index (κ2) is 6.47. The number of benzene rings is 1. The van der Waals surface area contributed by atoms with Gasteiger partial charge in [0.2, 0.25) is 0 Å². The minimum absolute atomic E-state index is 0.0430. The molecule has 1 aliphatic heterocycles. The average molecular weight is 330 g/mol. The molecule has 0 radical (unpaired) electrons. The van der Waals surface area contributed by atoms with E-state index < -0.39 is 18.2 Å². The van der Waals surface area contributed by atoms with Gasteiger partial charge in [-0.3, -0.25) is 9.59 Å². The third-order valence-corrected chi connectivity index (χ3v) is 3.42. The third kappa shape index (κ3) is 3.75. The molecular weight excluding hydrogens is 313 g/mol. The van der Waals surface area contributed by atoms with Crippen molar-refractivity contribution in [3.63, 3.8) is 0 Å². The summed E-state index contributed by atoms with van der Waals surface area (Å²) in [6.07, 6.45) is -4.02. The van der Waals surface area contributed by atoms with Crippen LogP contribution in [-0.2, 0) is 9.59 Å². The number of alkyl halides is 3. The molecule has 0 saturated heterocycles. The molecule has 0 aliphatic carbocycles. The van der Waals surface area contributed by atoms with Crippen LogP contribution in [0.5, 0.6) is 5.75 Å². The van der Waals surface area contributed by atoms with Gasteiger partial charge in [0.05, 0.1) is 5.69 Å². The fourth-order valence-electron chi connectivity index (χ4n) is 2.23. The molecule has 0 saturated carbocycles. The van der Waals surface area contributed by atoms with Crippen molar-refractivity contribution in [1.29, 1.82) is 0 Å². The number of fused-ring (bicyclic) bond motifs is 1. The maximum atomic E-state index is 12.3. The molecule has 2 rings (SSSR count). The van der Waals surface area contributed by atoms with Crippen LogP contribution in [0.1, 0.15) is 26.7 Å². The number of rotatable bonds is 4. The van der Waals surface area contributed by atoms with Crippen LogP contribution < -0.4 is 15.0 Å². The van der Waals surface area contributed by atoms with E-state index in [4.69, 9.17) is 4.74 Å². The Morgan fingerprint density at radius 1 is 1.39 bits per heavy atom. The number of carbonyl (C=O) groups is 2. The molecule has 2 amide bonds. The minimum atomic E-state index is -4.97. The lowest BCUT2D eigenvalue weighted by Gasteiger charge is -2.33. The van der Waals surface area contributed by atoms with E-state index in [-0.39, 0.29) is 11.6 Å². The molecule has 0 fully saturated rings. The second-order valence-electron chi connectivity index (χ2n) is 5.24. The summed E-state index contributed by atoms with van der Waals surface area (Å²) >= 11 is 0. The van der Waals surface area contributed by atoms with Gasteiger partial charge in [0.15, 0.2) is 6.10 Å². The Kier molecular flexibility index (Phi) is 4.82. The monoisotopic (exact) mass is 330 g/mol. The van der Waals surface area contributed by atoms with E-state index in [1.165, 1.54) is 23.1 Å². The van der Waals surface area contributed by atoms with Gasteiger partial charge in [-0.2, -0.15) is 13.2 Å². The van der Waals surface area contributed by atoms with E-state index in [1.54, 1.807) is 12.2 Å². The highest BCUT2D eigenvalue weighted by molar-refractivity contribution is 6.01. The maximum absolute atomic E-state index is 12.3. The van der Waals surface area contributed by atoms with Crippen LogP contribution in [0.15, 0.2) is 18.2 Å². The molecule has 0 bridgehead atoms. The fraction of sp³-hybridized carbons (Fsp3) is 0.467. The lowest BCUT2D eigenvalue weighted by atomic mass is 10.1. The number of ether oxygens (including phenoxy) is 1. The highest BCUT2D eigenvalue weighted by atomic mass is 19.4. The first-order valence-electron chi connectivity index (χ1n) is 7.24. The van der Waals surface area contributed by atoms with Crippen molar-refractivity contribution in [2.75, 3.05) is 16.8 Å². The van der Waals surface area contributed by atoms with Crippen LogP contribution in [0.25, 0.3) is 0 Å². The zero-order chi connectivity index (χ0) is 17.2. The number of unbranched alkanes of at least 4 members (excludes halogenated alkanes) is 1. The predicted molar refractivity (Wildman–Crippen MR) is 78.5 cm³/mol. The summed E-state index contributed by atoms with van der Waals surface area (Å²) in [4.78, 5) is 24.7. The van der Waals surface area contributed by atoms with Crippen molar-refractivity contribution in [1.82, 2.24) is 0 Å². The predicted octanol–water partition coefficient (Wildman–Crippen LogP) is 3.10. The number of amides is 2. The third-order valence-electron chi connectivity index (χ3n) is 3.42. The van der Waals surface area contributed by atoms with E-state index in [0.29, 0.717) is 18.0 Å². The van der Waals surface area contributed by atoms with E-state index >= 15 is 0 Å². The van der Waals surface area contributed by atoms with Crippen molar-refractivity contribution in [2.45, 2.75) is 39.0 Å². The summed E-state index contributed by atoms with van der Waals surface area (Å²) < 4.78 is 42.4. The van der Waals surface area contributed by atoms with Crippen LogP contribution in [0.4, 0.5) is 24.5 Å². The number of hydrogen-bond acceptors (Lipinski definition) is 3. The first-order chi connectivity index (χ1) is 10.7. The zero-order valence-electron chi connectivity index (χ0n) is 12.7. The molecule has 1 unspecified atom stereocenters. The molecule has 1 aromatic carbocycles. The molecule has 126 valence electrons. The van der Waals surface area contributed by atoms with Crippen LogP contribution in [-0.4, -0.2) is 30.6 Å². The molecule has 0 spiro atoms. The molecule has 1 aliphatic rings. The number of hydrogen-bond donors (Lipinski definition) is 1. The fourth-order valence-corrected chi connectivity index (χ4v) is 2.23. The molecule has 1 atom stereocenters. The number of carbonyl (C=O) groups excluding carboxylic acids is 2. The molecule has 8 heteroatoms. The van der Waals surface area contributed by atoms with Gasteiger partial charge < -0.3 is 15.0 Å².